The van der Waals surface area contributed by atoms with Crippen molar-refractivity contribution in [1.29, 1.82) is 0 Å². The monoisotopic (exact) mass is 655 g/mol. The van der Waals surface area contributed by atoms with E-state index in [-0.39, 0.29) is 13.2 Å². The Labute approximate surface area is 285 Å². The van der Waals surface area contributed by atoms with Crippen molar-refractivity contribution in [3.63, 3.8) is 0 Å². The number of aliphatic hydroxyl groups excluding tert-OH is 2. The van der Waals surface area contributed by atoms with Gasteiger partial charge in [-0.1, -0.05) is 206 Å². The van der Waals surface area contributed by atoms with E-state index in [4.69, 9.17) is 9.47 Å². The molecule has 0 unspecified atom stereocenters. The SMILES string of the molecule is CCCCCCCCCCCCCCCCCCOC(=O)[C@@H](O)[C@H](O)C(=O)OCCCCCCCCCCCCCCCCCC. The van der Waals surface area contributed by atoms with Gasteiger partial charge in [-0.2, -0.15) is 0 Å². The second-order valence-corrected chi connectivity index (χ2v) is 13.8. The van der Waals surface area contributed by atoms with E-state index in [1.807, 2.05) is 0 Å². The first-order valence-corrected chi connectivity index (χ1v) is 20.2. The molecule has 0 rings (SSSR count). The molecule has 0 bridgehead atoms. The molecule has 0 aliphatic heterocycles. The Morgan fingerprint density at radius 2 is 0.522 bits per heavy atom. The van der Waals surface area contributed by atoms with E-state index in [2.05, 4.69) is 13.8 Å². The molecule has 0 amide bonds. The summed E-state index contributed by atoms with van der Waals surface area (Å²) in [5.41, 5.74) is 0. The van der Waals surface area contributed by atoms with E-state index < -0.39 is 24.1 Å². The lowest BCUT2D eigenvalue weighted by molar-refractivity contribution is -0.173. The molecular formula is C40H78O6. The van der Waals surface area contributed by atoms with Crippen LogP contribution < -0.4 is 0 Å². The number of ether oxygens (including phenoxy) is 2. The lowest BCUT2D eigenvalue weighted by Crippen LogP contribution is -2.41. The number of esters is 2. The first-order valence-electron chi connectivity index (χ1n) is 20.2. The standard InChI is InChI=1S/C40H78O6/c1-3-5-7-9-11-13-15-17-19-21-23-25-27-29-31-33-35-45-39(43)37(41)38(42)40(44)46-36-34-32-30-28-26-24-22-20-18-16-14-12-10-8-6-4-2/h37-38,41-42H,3-36H2,1-2H3/t37-,38-/m0/s1. The summed E-state index contributed by atoms with van der Waals surface area (Å²) in [5.74, 6) is -1.93. The van der Waals surface area contributed by atoms with Crippen LogP contribution in [0.25, 0.3) is 0 Å². The molecule has 46 heavy (non-hydrogen) atoms. The van der Waals surface area contributed by atoms with Crippen molar-refractivity contribution < 1.29 is 29.3 Å². The molecular weight excluding hydrogens is 576 g/mol. The summed E-state index contributed by atoms with van der Waals surface area (Å²) in [6, 6.07) is 0. The quantitative estimate of drug-likeness (QED) is 0.0511. The summed E-state index contributed by atoms with van der Waals surface area (Å²) < 4.78 is 10.2. The molecule has 0 aromatic carbocycles. The predicted octanol–water partition coefficient (Wildman–Crippen LogP) is 11.3. The zero-order valence-electron chi connectivity index (χ0n) is 30.7. The Bertz CT molecular complexity index is 585. The summed E-state index contributed by atoms with van der Waals surface area (Å²) in [6.45, 7) is 4.91. The number of hydrogen-bond donors (Lipinski definition) is 2. The van der Waals surface area contributed by atoms with Crippen LogP contribution in [-0.2, 0) is 19.1 Å². The Balaban J connectivity index is 3.50. The Morgan fingerprint density at radius 1 is 0.348 bits per heavy atom. The number of carbonyl (C=O) groups excluding carboxylic acids is 2. The summed E-state index contributed by atoms with van der Waals surface area (Å²) in [4.78, 5) is 24.1. The molecule has 2 atom stereocenters. The predicted molar refractivity (Wildman–Crippen MR) is 193 cm³/mol. The van der Waals surface area contributed by atoms with Gasteiger partial charge >= 0.3 is 11.9 Å². The molecule has 0 heterocycles. The van der Waals surface area contributed by atoms with Crippen molar-refractivity contribution in [2.45, 2.75) is 232 Å². The topological polar surface area (TPSA) is 93.1 Å². The normalized spacial score (nSPS) is 12.7. The molecule has 6 nitrogen and oxygen atoms in total. The molecule has 0 aliphatic rings. The van der Waals surface area contributed by atoms with E-state index in [0.29, 0.717) is 0 Å². The summed E-state index contributed by atoms with van der Waals surface area (Å²) >= 11 is 0. The maximum absolute atomic E-state index is 12.0. The third-order valence-corrected chi connectivity index (χ3v) is 9.27. The van der Waals surface area contributed by atoms with Gasteiger partial charge in [0.15, 0.2) is 12.2 Å². The molecule has 0 aliphatic carbocycles. The number of aliphatic hydroxyl groups is 2. The van der Waals surface area contributed by atoms with Gasteiger partial charge in [-0.05, 0) is 12.8 Å². The van der Waals surface area contributed by atoms with Crippen LogP contribution in [0.15, 0.2) is 0 Å². The molecule has 0 radical (unpaired) electrons. The highest BCUT2D eigenvalue weighted by molar-refractivity contribution is 5.85. The van der Waals surface area contributed by atoms with Crippen molar-refractivity contribution >= 4 is 11.9 Å². The third-order valence-electron chi connectivity index (χ3n) is 9.27. The highest BCUT2D eigenvalue weighted by Crippen LogP contribution is 2.15. The van der Waals surface area contributed by atoms with Gasteiger partial charge in [-0.25, -0.2) is 9.59 Å². The first kappa shape index (κ1) is 44.9. The van der Waals surface area contributed by atoms with Gasteiger partial charge in [0.05, 0.1) is 13.2 Å². The van der Waals surface area contributed by atoms with Crippen molar-refractivity contribution in [2.75, 3.05) is 13.2 Å². The van der Waals surface area contributed by atoms with Crippen LogP contribution in [0.4, 0.5) is 0 Å². The minimum Gasteiger partial charge on any atom is -0.464 e. The third kappa shape index (κ3) is 31.5. The molecule has 2 N–H and O–H groups in total. The number of unbranched alkanes of at least 4 members (excludes halogenated alkanes) is 30. The van der Waals surface area contributed by atoms with Crippen LogP contribution in [-0.4, -0.2) is 47.6 Å². The lowest BCUT2D eigenvalue weighted by atomic mass is 10.0. The van der Waals surface area contributed by atoms with Crippen LogP contribution in [0.1, 0.15) is 219 Å². The van der Waals surface area contributed by atoms with Crippen LogP contribution in [0, 0.1) is 0 Å². The second-order valence-electron chi connectivity index (χ2n) is 13.8. The minimum absolute atomic E-state index is 0.190. The van der Waals surface area contributed by atoms with Crippen LogP contribution >= 0.6 is 0 Å². The largest absolute Gasteiger partial charge is 0.464 e. The van der Waals surface area contributed by atoms with E-state index in [1.165, 1.54) is 167 Å². The van der Waals surface area contributed by atoms with Gasteiger partial charge in [-0.15, -0.1) is 0 Å². The highest BCUT2D eigenvalue weighted by Gasteiger charge is 2.32. The molecule has 0 saturated carbocycles. The first-order chi connectivity index (χ1) is 22.5. The molecule has 0 spiro atoms. The van der Waals surface area contributed by atoms with Gasteiger partial charge < -0.3 is 19.7 Å². The number of rotatable bonds is 37. The smallest absolute Gasteiger partial charge is 0.338 e. The molecule has 0 saturated heterocycles. The van der Waals surface area contributed by atoms with Gasteiger partial charge in [0.2, 0.25) is 0 Å². The van der Waals surface area contributed by atoms with E-state index in [0.717, 1.165) is 38.5 Å². The van der Waals surface area contributed by atoms with Crippen molar-refractivity contribution in [1.82, 2.24) is 0 Å². The van der Waals surface area contributed by atoms with Gasteiger partial charge in [-0.3, -0.25) is 0 Å². The zero-order chi connectivity index (χ0) is 33.8. The second kappa shape index (κ2) is 36.7. The highest BCUT2D eigenvalue weighted by atomic mass is 16.6. The summed E-state index contributed by atoms with van der Waals surface area (Å²) in [5, 5.41) is 20.0. The van der Waals surface area contributed by atoms with Crippen molar-refractivity contribution in [3.8, 4) is 0 Å². The number of hydrogen-bond acceptors (Lipinski definition) is 6. The van der Waals surface area contributed by atoms with Crippen molar-refractivity contribution in [2.24, 2.45) is 0 Å². The summed E-state index contributed by atoms with van der Waals surface area (Å²) in [6.07, 6.45) is 36.8. The summed E-state index contributed by atoms with van der Waals surface area (Å²) in [7, 11) is 0. The Morgan fingerprint density at radius 3 is 0.717 bits per heavy atom. The van der Waals surface area contributed by atoms with Gasteiger partial charge in [0.25, 0.3) is 0 Å². The van der Waals surface area contributed by atoms with E-state index in [9.17, 15) is 19.8 Å². The van der Waals surface area contributed by atoms with Crippen molar-refractivity contribution in [3.05, 3.63) is 0 Å². The average molecular weight is 655 g/mol. The maximum Gasteiger partial charge on any atom is 0.338 e. The zero-order valence-corrected chi connectivity index (χ0v) is 30.7. The van der Waals surface area contributed by atoms with Crippen LogP contribution in [0.3, 0.4) is 0 Å². The van der Waals surface area contributed by atoms with E-state index >= 15 is 0 Å². The van der Waals surface area contributed by atoms with E-state index in [1.54, 1.807) is 0 Å². The Hall–Kier alpha value is -1.14. The van der Waals surface area contributed by atoms with Crippen LogP contribution in [0.2, 0.25) is 0 Å². The molecule has 0 aromatic rings. The van der Waals surface area contributed by atoms with Crippen LogP contribution in [0.5, 0.6) is 0 Å². The fraction of sp³-hybridized carbons (Fsp3) is 0.950. The molecule has 274 valence electrons. The Kier molecular flexibility index (Phi) is 35.8. The lowest BCUT2D eigenvalue weighted by Gasteiger charge is -2.16. The number of carbonyl (C=O) groups is 2. The average Bonchev–Trinajstić information content (AvgIpc) is 3.06. The van der Waals surface area contributed by atoms with Gasteiger partial charge in [0.1, 0.15) is 0 Å². The minimum atomic E-state index is -1.90. The fourth-order valence-electron chi connectivity index (χ4n) is 6.07. The molecule has 0 aromatic heterocycles. The fourth-order valence-corrected chi connectivity index (χ4v) is 6.07. The van der Waals surface area contributed by atoms with Gasteiger partial charge in [0, 0.05) is 0 Å². The molecule has 6 heteroatoms. The molecule has 0 fully saturated rings. The maximum atomic E-state index is 12.0.